The van der Waals surface area contributed by atoms with Crippen molar-refractivity contribution in [2.75, 3.05) is 19.6 Å². The molecule has 0 bridgehead atoms. The van der Waals surface area contributed by atoms with Crippen LogP contribution in [-0.4, -0.2) is 30.4 Å². The van der Waals surface area contributed by atoms with E-state index in [9.17, 15) is 9.18 Å². The summed E-state index contributed by atoms with van der Waals surface area (Å²) in [5.74, 6) is 0.281. The summed E-state index contributed by atoms with van der Waals surface area (Å²) in [7, 11) is 0. The molecule has 2 unspecified atom stereocenters. The number of furan rings is 1. The van der Waals surface area contributed by atoms with E-state index in [1.165, 1.54) is 18.9 Å². The van der Waals surface area contributed by atoms with Gasteiger partial charge in [-0.1, -0.05) is 25.1 Å². The number of benzene rings is 1. The van der Waals surface area contributed by atoms with E-state index in [4.69, 9.17) is 4.42 Å². The second kappa shape index (κ2) is 8.30. The zero-order chi connectivity index (χ0) is 17.6. The van der Waals surface area contributed by atoms with Crippen LogP contribution in [0.5, 0.6) is 0 Å². The Morgan fingerprint density at radius 1 is 1.24 bits per heavy atom. The minimum atomic E-state index is -0.285. The number of nitrogens with one attached hydrogen (secondary N) is 1. The van der Waals surface area contributed by atoms with Gasteiger partial charge in [0, 0.05) is 12.5 Å². The molecule has 0 saturated carbocycles. The fourth-order valence-electron chi connectivity index (χ4n) is 3.40. The number of halogens is 1. The first-order valence-electron chi connectivity index (χ1n) is 8.93. The molecule has 2 atom stereocenters. The van der Waals surface area contributed by atoms with Gasteiger partial charge in [0.25, 0.3) is 0 Å². The molecule has 25 heavy (non-hydrogen) atoms. The van der Waals surface area contributed by atoms with Crippen LogP contribution < -0.4 is 5.32 Å². The number of carbonyl (C=O) groups excluding carboxylic acids is 1. The number of carbonyl (C=O) groups is 1. The first kappa shape index (κ1) is 17.7. The van der Waals surface area contributed by atoms with Crippen molar-refractivity contribution in [1.82, 2.24) is 10.2 Å². The lowest BCUT2D eigenvalue weighted by molar-refractivity contribution is -0.124. The molecule has 5 heteroatoms. The standard InChI is InChI=1S/C20H25FN2O2/c1-15(13-16-7-2-3-8-17(16)21)20(24)22-14-18(19-9-6-12-25-19)23-10-4-5-11-23/h2-3,6-9,12,15,18H,4-5,10-11,13-14H2,1H3,(H,22,24). The van der Waals surface area contributed by atoms with Crippen molar-refractivity contribution in [3.8, 4) is 0 Å². The summed E-state index contributed by atoms with van der Waals surface area (Å²) in [5, 5.41) is 3.02. The van der Waals surface area contributed by atoms with Crippen LogP contribution in [0, 0.1) is 11.7 Å². The molecule has 1 saturated heterocycles. The van der Waals surface area contributed by atoms with Gasteiger partial charge in [0.1, 0.15) is 11.6 Å². The Morgan fingerprint density at radius 3 is 2.68 bits per heavy atom. The molecule has 3 rings (SSSR count). The van der Waals surface area contributed by atoms with Crippen LogP contribution in [0.3, 0.4) is 0 Å². The molecule has 1 N–H and O–H groups in total. The number of rotatable bonds is 7. The summed E-state index contributed by atoms with van der Waals surface area (Å²) in [6.45, 7) is 4.38. The lowest BCUT2D eigenvalue weighted by atomic mass is 10.00. The van der Waals surface area contributed by atoms with Crippen molar-refractivity contribution in [2.24, 2.45) is 5.92 Å². The molecule has 0 aliphatic carbocycles. The molecular formula is C20H25FN2O2. The molecule has 1 aromatic heterocycles. The fourth-order valence-corrected chi connectivity index (χ4v) is 3.40. The first-order valence-corrected chi connectivity index (χ1v) is 8.93. The number of amides is 1. The van der Waals surface area contributed by atoms with Gasteiger partial charge in [0.15, 0.2) is 0 Å². The molecule has 1 aromatic carbocycles. The number of likely N-dealkylation sites (tertiary alicyclic amines) is 1. The third-order valence-electron chi connectivity index (χ3n) is 4.85. The average molecular weight is 344 g/mol. The van der Waals surface area contributed by atoms with Gasteiger partial charge in [0.05, 0.1) is 12.3 Å². The second-order valence-electron chi connectivity index (χ2n) is 6.72. The summed E-state index contributed by atoms with van der Waals surface area (Å²) in [6.07, 6.45) is 4.42. The van der Waals surface area contributed by atoms with Crippen LogP contribution in [0.15, 0.2) is 47.1 Å². The Hall–Kier alpha value is -2.14. The third kappa shape index (κ3) is 4.48. The molecule has 1 aliphatic heterocycles. The molecule has 1 amide bonds. The Balaban J connectivity index is 1.58. The van der Waals surface area contributed by atoms with Crippen LogP contribution >= 0.6 is 0 Å². The van der Waals surface area contributed by atoms with Gasteiger partial charge in [-0.3, -0.25) is 9.69 Å². The largest absolute Gasteiger partial charge is 0.468 e. The van der Waals surface area contributed by atoms with Crippen molar-refractivity contribution in [1.29, 1.82) is 0 Å². The van der Waals surface area contributed by atoms with Crippen LogP contribution in [0.1, 0.15) is 37.1 Å². The van der Waals surface area contributed by atoms with Gasteiger partial charge in [0.2, 0.25) is 5.91 Å². The Labute approximate surface area is 148 Å². The predicted molar refractivity (Wildman–Crippen MR) is 94.5 cm³/mol. The maximum absolute atomic E-state index is 13.8. The van der Waals surface area contributed by atoms with Gasteiger partial charge >= 0.3 is 0 Å². The van der Waals surface area contributed by atoms with E-state index < -0.39 is 0 Å². The Bertz CT molecular complexity index is 681. The van der Waals surface area contributed by atoms with Gasteiger partial charge in [-0.2, -0.15) is 0 Å². The third-order valence-corrected chi connectivity index (χ3v) is 4.85. The van der Waals surface area contributed by atoms with E-state index in [0.717, 1.165) is 18.8 Å². The second-order valence-corrected chi connectivity index (χ2v) is 6.72. The van der Waals surface area contributed by atoms with Crippen LogP contribution in [-0.2, 0) is 11.2 Å². The highest BCUT2D eigenvalue weighted by molar-refractivity contribution is 5.78. The SMILES string of the molecule is CC(Cc1ccccc1F)C(=O)NCC(c1ccco1)N1CCCC1. The topological polar surface area (TPSA) is 45.5 Å². The van der Waals surface area contributed by atoms with Crippen molar-refractivity contribution < 1.29 is 13.6 Å². The van der Waals surface area contributed by atoms with Crippen LogP contribution in [0.2, 0.25) is 0 Å². The molecule has 2 heterocycles. The molecular weight excluding hydrogens is 319 g/mol. The predicted octanol–water partition coefficient (Wildman–Crippen LogP) is 3.55. The van der Waals surface area contributed by atoms with E-state index in [-0.39, 0.29) is 23.7 Å². The number of hydrogen-bond donors (Lipinski definition) is 1. The first-order chi connectivity index (χ1) is 12.1. The summed E-state index contributed by atoms with van der Waals surface area (Å²) in [5.41, 5.74) is 0.576. The van der Waals surface area contributed by atoms with E-state index in [0.29, 0.717) is 18.5 Å². The highest BCUT2D eigenvalue weighted by atomic mass is 19.1. The smallest absolute Gasteiger partial charge is 0.223 e. The lowest BCUT2D eigenvalue weighted by Gasteiger charge is -2.26. The normalized spacial score (nSPS) is 17.4. The zero-order valence-corrected chi connectivity index (χ0v) is 14.6. The van der Waals surface area contributed by atoms with E-state index in [2.05, 4.69) is 10.2 Å². The fraction of sp³-hybridized carbons (Fsp3) is 0.450. The average Bonchev–Trinajstić information content (AvgIpc) is 3.31. The molecule has 0 spiro atoms. The highest BCUT2D eigenvalue weighted by Crippen LogP contribution is 2.25. The molecule has 2 aromatic rings. The number of hydrogen-bond acceptors (Lipinski definition) is 3. The minimum Gasteiger partial charge on any atom is -0.468 e. The molecule has 134 valence electrons. The monoisotopic (exact) mass is 344 g/mol. The maximum Gasteiger partial charge on any atom is 0.223 e. The minimum absolute atomic E-state index is 0.0565. The number of nitrogens with zero attached hydrogens (tertiary/aromatic N) is 1. The van der Waals surface area contributed by atoms with Crippen LogP contribution in [0.4, 0.5) is 4.39 Å². The van der Waals surface area contributed by atoms with Crippen molar-refractivity contribution in [2.45, 2.75) is 32.2 Å². The van der Waals surface area contributed by atoms with E-state index >= 15 is 0 Å². The zero-order valence-electron chi connectivity index (χ0n) is 14.6. The maximum atomic E-state index is 13.8. The van der Waals surface area contributed by atoms with Gasteiger partial charge in [-0.25, -0.2) is 4.39 Å². The Morgan fingerprint density at radius 2 is 2.00 bits per heavy atom. The van der Waals surface area contributed by atoms with Crippen molar-refractivity contribution in [3.63, 3.8) is 0 Å². The van der Waals surface area contributed by atoms with E-state index in [1.807, 2.05) is 19.1 Å². The summed E-state index contributed by atoms with van der Waals surface area (Å²) < 4.78 is 19.3. The molecule has 1 fully saturated rings. The summed E-state index contributed by atoms with van der Waals surface area (Å²) >= 11 is 0. The highest BCUT2D eigenvalue weighted by Gasteiger charge is 2.26. The molecule has 0 radical (unpaired) electrons. The summed E-state index contributed by atoms with van der Waals surface area (Å²) in [6, 6.07) is 10.5. The molecule has 4 nitrogen and oxygen atoms in total. The van der Waals surface area contributed by atoms with E-state index in [1.54, 1.807) is 24.5 Å². The van der Waals surface area contributed by atoms with Gasteiger partial charge in [-0.15, -0.1) is 0 Å². The lowest BCUT2D eigenvalue weighted by Crippen LogP contribution is -2.39. The van der Waals surface area contributed by atoms with Crippen molar-refractivity contribution in [3.05, 3.63) is 59.8 Å². The van der Waals surface area contributed by atoms with Crippen molar-refractivity contribution >= 4 is 5.91 Å². The van der Waals surface area contributed by atoms with Gasteiger partial charge < -0.3 is 9.73 Å². The molecule has 1 aliphatic rings. The van der Waals surface area contributed by atoms with Crippen LogP contribution in [0.25, 0.3) is 0 Å². The Kier molecular flexibility index (Phi) is 5.87. The summed E-state index contributed by atoms with van der Waals surface area (Å²) in [4.78, 5) is 14.8. The van der Waals surface area contributed by atoms with Gasteiger partial charge in [-0.05, 0) is 56.1 Å². The quantitative estimate of drug-likeness (QED) is 0.835.